The van der Waals surface area contributed by atoms with E-state index in [1.807, 2.05) is 79.7 Å². The van der Waals surface area contributed by atoms with Crippen LogP contribution in [0.5, 0.6) is 0 Å². The fraction of sp³-hybridized carbons (Fsp3) is 0.500. The molecular formula is C50H66N4O6Si. The van der Waals surface area contributed by atoms with E-state index < -0.39 is 44.5 Å². The Balaban J connectivity index is 1.17. The minimum Gasteiger partial charge on any atom is -0.397 e. The zero-order chi connectivity index (χ0) is 43.4. The summed E-state index contributed by atoms with van der Waals surface area (Å²) in [5, 5.41) is 11.0. The number of allylic oxidation sites excluding steroid dienone is 1. The third-order valence-electron chi connectivity index (χ3n) is 12.9. The van der Waals surface area contributed by atoms with Gasteiger partial charge in [0.2, 0.25) is 23.6 Å². The van der Waals surface area contributed by atoms with Crippen molar-refractivity contribution in [3.05, 3.63) is 109 Å². The van der Waals surface area contributed by atoms with Crippen LogP contribution in [0.2, 0.25) is 5.04 Å². The van der Waals surface area contributed by atoms with Gasteiger partial charge in [-0.2, -0.15) is 0 Å². The van der Waals surface area contributed by atoms with Crippen LogP contribution in [0.15, 0.2) is 103 Å². The van der Waals surface area contributed by atoms with E-state index in [9.17, 15) is 24.0 Å². The molecule has 2 heterocycles. The number of hydrogen-bond acceptors (Lipinski definition) is 6. The Morgan fingerprint density at radius 2 is 1.33 bits per heavy atom. The molecule has 61 heavy (non-hydrogen) atoms. The first-order chi connectivity index (χ1) is 29.4. The Hall–Kier alpha value is -4.87. The third kappa shape index (κ3) is 11.3. The van der Waals surface area contributed by atoms with Crippen molar-refractivity contribution in [2.75, 3.05) is 6.54 Å². The van der Waals surface area contributed by atoms with E-state index in [1.54, 1.807) is 11.0 Å². The molecule has 0 spiro atoms. The summed E-state index contributed by atoms with van der Waals surface area (Å²) in [6.07, 6.45) is 11.7. The predicted molar refractivity (Wildman–Crippen MR) is 243 cm³/mol. The number of nitrogens with zero attached hydrogens (tertiary/aromatic N) is 1. The summed E-state index contributed by atoms with van der Waals surface area (Å²) < 4.78 is 7.16. The van der Waals surface area contributed by atoms with Gasteiger partial charge < -0.3 is 25.3 Å². The van der Waals surface area contributed by atoms with E-state index in [0.29, 0.717) is 51.5 Å². The third-order valence-corrected chi connectivity index (χ3v) is 17.9. The molecular weight excluding hydrogens is 781 g/mol. The topological polar surface area (TPSA) is 134 Å². The second-order valence-corrected chi connectivity index (χ2v) is 22.5. The van der Waals surface area contributed by atoms with Crippen LogP contribution in [-0.2, 0) is 34.8 Å². The molecule has 0 unspecified atom stereocenters. The number of rotatable bonds is 15. The van der Waals surface area contributed by atoms with Gasteiger partial charge in [0, 0.05) is 13.0 Å². The van der Waals surface area contributed by atoms with Crippen molar-refractivity contribution in [3.63, 3.8) is 0 Å². The molecule has 11 heteroatoms. The molecule has 0 radical (unpaired) electrons. The van der Waals surface area contributed by atoms with Gasteiger partial charge in [0.05, 0.1) is 0 Å². The van der Waals surface area contributed by atoms with Crippen molar-refractivity contribution in [3.8, 4) is 0 Å². The molecule has 2 saturated heterocycles. The Morgan fingerprint density at radius 3 is 1.93 bits per heavy atom. The molecule has 10 nitrogen and oxygen atoms in total. The summed E-state index contributed by atoms with van der Waals surface area (Å²) >= 11 is 0. The van der Waals surface area contributed by atoms with Crippen molar-refractivity contribution >= 4 is 48.1 Å². The zero-order valence-corrected chi connectivity index (χ0v) is 37.6. The first-order valence-electron chi connectivity index (χ1n) is 22.7. The maximum absolute atomic E-state index is 14.2. The van der Waals surface area contributed by atoms with Crippen molar-refractivity contribution in [2.45, 2.75) is 146 Å². The second-order valence-electron chi connectivity index (χ2n) is 18.2. The number of amides is 4. The molecule has 326 valence electrons. The fourth-order valence-electron chi connectivity index (χ4n) is 9.62. The fourth-order valence-corrected chi connectivity index (χ4v) is 14.3. The zero-order valence-electron chi connectivity index (χ0n) is 36.6. The monoisotopic (exact) mass is 846 g/mol. The molecule has 3 N–H and O–H groups in total. The lowest BCUT2D eigenvalue weighted by molar-refractivity contribution is -0.143. The lowest BCUT2D eigenvalue weighted by Crippen LogP contribution is -2.68. The molecule has 5 atom stereocenters. The van der Waals surface area contributed by atoms with E-state index in [2.05, 4.69) is 61.0 Å². The van der Waals surface area contributed by atoms with Crippen LogP contribution in [0.1, 0.15) is 110 Å². The predicted octanol–water partition coefficient (Wildman–Crippen LogP) is 6.31. The summed E-state index contributed by atoms with van der Waals surface area (Å²) in [6.45, 7) is 8.96. The van der Waals surface area contributed by atoms with Gasteiger partial charge in [-0.1, -0.05) is 157 Å². The number of benzene rings is 3. The summed E-state index contributed by atoms with van der Waals surface area (Å²) in [7, 11) is -2.96. The molecule has 1 aliphatic carbocycles. The van der Waals surface area contributed by atoms with Gasteiger partial charge in [0.15, 0.2) is 5.78 Å². The number of hydrogen-bond donors (Lipinski definition) is 3. The molecule has 4 amide bonds. The number of fused-ring (bicyclic) bond motifs is 1. The van der Waals surface area contributed by atoms with Crippen LogP contribution in [0.3, 0.4) is 0 Å². The highest BCUT2D eigenvalue weighted by molar-refractivity contribution is 6.99. The highest BCUT2D eigenvalue weighted by atomic mass is 28.4. The Labute approximate surface area is 363 Å². The number of carbonyl (C=O) groups is 5. The number of unbranched alkanes of at least 4 members (excludes halogenated alkanes) is 1. The highest BCUT2D eigenvalue weighted by Crippen LogP contribution is 2.38. The number of nitrogens with one attached hydrogen (secondary N) is 3. The van der Waals surface area contributed by atoms with E-state index in [1.165, 1.54) is 0 Å². The van der Waals surface area contributed by atoms with Gasteiger partial charge >= 0.3 is 0 Å². The van der Waals surface area contributed by atoms with Crippen LogP contribution in [0.25, 0.3) is 0 Å². The van der Waals surface area contributed by atoms with Crippen LogP contribution in [-0.4, -0.2) is 79.4 Å². The van der Waals surface area contributed by atoms with Crippen LogP contribution in [0.4, 0.5) is 0 Å². The molecule has 1 saturated carbocycles. The molecule has 3 aliphatic rings. The van der Waals surface area contributed by atoms with Crippen molar-refractivity contribution in [2.24, 2.45) is 5.92 Å². The first kappa shape index (κ1) is 45.6. The molecule has 0 aromatic heterocycles. The highest BCUT2D eigenvalue weighted by Gasteiger charge is 2.52. The number of carbonyl (C=O) groups excluding carboxylic acids is 5. The van der Waals surface area contributed by atoms with Gasteiger partial charge in [0.25, 0.3) is 8.32 Å². The second kappa shape index (κ2) is 21.3. The molecule has 3 fully saturated rings. The lowest BCUT2D eigenvalue weighted by Gasteiger charge is -2.44. The van der Waals surface area contributed by atoms with E-state index in [4.69, 9.17) is 4.43 Å². The molecule has 6 rings (SSSR count). The summed E-state index contributed by atoms with van der Waals surface area (Å²) in [5.41, 5.74) is 0.897. The molecule has 3 aromatic carbocycles. The van der Waals surface area contributed by atoms with Gasteiger partial charge in [-0.15, -0.1) is 0 Å². The van der Waals surface area contributed by atoms with Crippen molar-refractivity contribution in [1.82, 2.24) is 20.9 Å². The average Bonchev–Trinajstić information content (AvgIpc) is 3.76. The van der Waals surface area contributed by atoms with Gasteiger partial charge in [-0.3, -0.25) is 24.0 Å². The maximum atomic E-state index is 14.2. The molecule has 2 aliphatic heterocycles. The van der Waals surface area contributed by atoms with Gasteiger partial charge in [-0.05, 0) is 77.9 Å². The maximum Gasteiger partial charge on any atom is 0.262 e. The Bertz CT molecular complexity index is 1920. The average molecular weight is 847 g/mol. The van der Waals surface area contributed by atoms with E-state index in [0.717, 1.165) is 48.0 Å². The minimum absolute atomic E-state index is 0.110. The summed E-state index contributed by atoms with van der Waals surface area (Å²) in [6, 6.07) is 26.7. The van der Waals surface area contributed by atoms with E-state index >= 15 is 0 Å². The van der Waals surface area contributed by atoms with Crippen LogP contribution >= 0.6 is 0 Å². The SMILES string of the molecule is CC[C@H](O[Si](c1ccccc1)(c1ccccc1)C(C)(C)C)C(=O)/C=C/CCC[C@@H]1NC(=O)[C@H]2CCCN2C(=O)[C@H](Cc2ccccc2)NC(=O)[C@@H](CC2CCCCC2)NC1=O. The normalized spacial score (nSPS) is 22.7. The van der Waals surface area contributed by atoms with Gasteiger partial charge in [0.1, 0.15) is 30.3 Å². The van der Waals surface area contributed by atoms with Gasteiger partial charge in [-0.25, -0.2) is 0 Å². The Morgan fingerprint density at radius 1 is 0.754 bits per heavy atom. The Kier molecular flexibility index (Phi) is 15.9. The van der Waals surface area contributed by atoms with Crippen LogP contribution in [0, 0.1) is 5.92 Å². The van der Waals surface area contributed by atoms with Crippen LogP contribution < -0.4 is 26.3 Å². The lowest BCUT2D eigenvalue weighted by atomic mass is 9.84. The number of ketones is 1. The van der Waals surface area contributed by atoms with Crippen molar-refractivity contribution < 1.29 is 28.4 Å². The minimum atomic E-state index is -2.96. The smallest absolute Gasteiger partial charge is 0.262 e. The molecule has 3 aromatic rings. The largest absolute Gasteiger partial charge is 0.397 e. The van der Waals surface area contributed by atoms with E-state index in [-0.39, 0.29) is 40.9 Å². The first-order valence-corrected chi connectivity index (χ1v) is 24.6. The standard InChI is InChI=1S/C50H66N4O6Si/c1-5-45(60-61(50(2,3)4,38-26-15-8-16-27-38)39-28-17-9-18-29-39)44(55)32-20-10-19-30-40-46(56)52-41(34-36-22-11-6-12-23-36)47(57)53-42(35-37-24-13-7-14-25-37)49(59)54-33-21-31-43(54)48(58)51-40/h7-9,13-18,20,24-29,32,36,40-43,45H,5-6,10-12,19,21-23,30-31,33-35H2,1-4H3,(H,51,58)(H,52,56)(H,53,57)/b32-20+/t40-,41+,42-,43+,45-/m0/s1. The summed E-state index contributed by atoms with van der Waals surface area (Å²) in [5.74, 6) is -1.27. The van der Waals surface area contributed by atoms with Crippen molar-refractivity contribution in [1.29, 1.82) is 0 Å². The summed E-state index contributed by atoms with van der Waals surface area (Å²) in [4.78, 5) is 72.1. The quantitative estimate of drug-likeness (QED) is 0.0934. The molecule has 0 bridgehead atoms.